The third kappa shape index (κ3) is 4.39. The molecule has 0 radical (unpaired) electrons. The predicted octanol–water partition coefficient (Wildman–Crippen LogP) is 1.86. The number of nitrogens with one attached hydrogen (secondary N) is 1. The second-order valence-corrected chi connectivity index (χ2v) is 7.78. The molecule has 1 atom stereocenters. The molecule has 0 amide bonds. The lowest BCUT2D eigenvalue weighted by molar-refractivity contribution is -0.118. The zero-order chi connectivity index (χ0) is 17.9. The Bertz CT molecular complexity index is 767. The number of rotatable bonds is 6. The van der Waals surface area contributed by atoms with Crippen LogP contribution in [0.15, 0.2) is 30.4 Å². The third-order valence-corrected chi connectivity index (χ3v) is 5.69. The molecule has 2 aliphatic rings. The van der Waals surface area contributed by atoms with Gasteiger partial charge in [0.15, 0.2) is 17.3 Å². The van der Waals surface area contributed by atoms with E-state index in [9.17, 15) is 17.8 Å². The number of hydrogen-bond donors (Lipinski definition) is 2. The summed E-state index contributed by atoms with van der Waals surface area (Å²) in [6.07, 6.45) is 4.53. The van der Waals surface area contributed by atoms with Gasteiger partial charge in [-0.15, -0.1) is 0 Å². The quantitative estimate of drug-likeness (QED) is 0.584. The Kier molecular flexibility index (Phi) is 5.41. The summed E-state index contributed by atoms with van der Waals surface area (Å²) in [5.41, 5.74) is 0.394. The Labute approximate surface area is 146 Å². The molecule has 0 aromatic heterocycles. The van der Waals surface area contributed by atoms with Crippen LogP contribution in [0.25, 0.3) is 0 Å². The van der Waals surface area contributed by atoms with Gasteiger partial charge in [-0.25, -0.2) is 0 Å². The number of piperidine rings is 1. The SMILES string of the molecule is O=C(C=CCC(c1ccc2c(c1)OCO2)S(=O)(=O)O)C1CCNCC1. The lowest BCUT2D eigenvalue weighted by Crippen LogP contribution is -2.31. The van der Waals surface area contributed by atoms with E-state index in [4.69, 9.17) is 9.47 Å². The third-order valence-electron chi connectivity index (χ3n) is 4.50. The zero-order valence-electron chi connectivity index (χ0n) is 13.7. The molecule has 2 aliphatic heterocycles. The maximum Gasteiger partial charge on any atom is 0.272 e. The van der Waals surface area contributed by atoms with Crippen molar-refractivity contribution in [2.75, 3.05) is 19.9 Å². The molecule has 1 saturated heterocycles. The number of ether oxygens (including phenoxy) is 2. The highest BCUT2D eigenvalue weighted by atomic mass is 32.2. The summed E-state index contributed by atoms with van der Waals surface area (Å²) in [5, 5.41) is 2.04. The molecule has 2 heterocycles. The average Bonchev–Trinajstić information content (AvgIpc) is 3.05. The fraction of sp³-hybridized carbons (Fsp3) is 0.471. The van der Waals surface area contributed by atoms with Gasteiger partial charge in [0.1, 0.15) is 5.25 Å². The molecule has 1 fully saturated rings. The summed E-state index contributed by atoms with van der Waals surface area (Å²) in [6.45, 7) is 1.71. The van der Waals surface area contributed by atoms with E-state index in [0.717, 1.165) is 25.9 Å². The van der Waals surface area contributed by atoms with E-state index in [2.05, 4.69) is 5.32 Å². The highest BCUT2D eigenvalue weighted by Crippen LogP contribution is 2.36. The topological polar surface area (TPSA) is 102 Å². The van der Waals surface area contributed by atoms with Crippen LogP contribution in [-0.2, 0) is 14.9 Å². The van der Waals surface area contributed by atoms with Gasteiger partial charge in [0.25, 0.3) is 10.1 Å². The largest absolute Gasteiger partial charge is 0.454 e. The van der Waals surface area contributed by atoms with Crippen LogP contribution in [0.3, 0.4) is 0 Å². The molecule has 0 aliphatic carbocycles. The van der Waals surface area contributed by atoms with E-state index in [1.165, 1.54) is 12.2 Å². The number of fused-ring (bicyclic) bond motifs is 1. The maximum absolute atomic E-state index is 12.2. The first-order valence-corrected chi connectivity index (χ1v) is 9.72. The normalized spacial score (nSPS) is 19.2. The van der Waals surface area contributed by atoms with Crippen molar-refractivity contribution in [3.05, 3.63) is 35.9 Å². The van der Waals surface area contributed by atoms with Crippen molar-refractivity contribution in [3.63, 3.8) is 0 Å². The van der Waals surface area contributed by atoms with Gasteiger partial charge in [0.05, 0.1) is 0 Å². The average molecular weight is 367 g/mol. The fourth-order valence-electron chi connectivity index (χ4n) is 3.09. The van der Waals surface area contributed by atoms with Gasteiger partial charge in [0, 0.05) is 5.92 Å². The molecule has 1 unspecified atom stereocenters. The van der Waals surface area contributed by atoms with E-state index in [1.807, 2.05) is 0 Å². The summed E-state index contributed by atoms with van der Waals surface area (Å²) in [4.78, 5) is 12.2. The Morgan fingerprint density at radius 3 is 2.72 bits per heavy atom. The molecule has 1 aromatic carbocycles. The minimum Gasteiger partial charge on any atom is -0.454 e. The van der Waals surface area contributed by atoms with Crippen LogP contribution in [0, 0.1) is 5.92 Å². The van der Waals surface area contributed by atoms with Gasteiger partial charge in [-0.1, -0.05) is 12.1 Å². The van der Waals surface area contributed by atoms with Crippen molar-refractivity contribution < 1.29 is 27.2 Å². The number of carbonyl (C=O) groups excluding carboxylic acids is 1. The van der Waals surface area contributed by atoms with Crippen molar-refractivity contribution in [2.24, 2.45) is 5.92 Å². The standard InChI is InChI=1S/C17H21NO6S/c19-14(12-6-8-18-9-7-12)2-1-3-17(25(20,21)22)13-4-5-15-16(10-13)24-11-23-15/h1-2,4-5,10,12,17-18H,3,6-9,11H2,(H,20,21,22). The van der Waals surface area contributed by atoms with Gasteiger partial charge in [-0.05, 0) is 56.1 Å². The van der Waals surface area contributed by atoms with Crippen molar-refractivity contribution >= 4 is 15.9 Å². The summed E-state index contributed by atoms with van der Waals surface area (Å²) < 4.78 is 43.5. The Balaban J connectivity index is 1.71. The molecule has 25 heavy (non-hydrogen) atoms. The summed E-state index contributed by atoms with van der Waals surface area (Å²) in [7, 11) is -4.33. The van der Waals surface area contributed by atoms with Crippen LogP contribution >= 0.6 is 0 Å². The lowest BCUT2D eigenvalue weighted by atomic mass is 9.93. The van der Waals surface area contributed by atoms with Crippen LogP contribution in [-0.4, -0.2) is 38.6 Å². The predicted molar refractivity (Wildman–Crippen MR) is 91.2 cm³/mol. The molecular weight excluding hydrogens is 346 g/mol. The lowest BCUT2D eigenvalue weighted by Gasteiger charge is -2.20. The second kappa shape index (κ2) is 7.55. The molecule has 136 valence electrons. The Morgan fingerprint density at radius 1 is 1.28 bits per heavy atom. The van der Waals surface area contributed by atoms with E-state index in [-0.39, 0.29) is 24.9 Å². The Hall–Kier alpha value is -1.90. The second-order valence-electron chi connectivity index (χ2n) is 6.18. The highest BCUT2D eigenvalue weighted by molar-refractivity contribution is 7.86. The summed E-state index contributed by atoms with van der Waals surface area (Å²) in [6, 6.07) is 4.73. The van der Waals surface area contributed by atoms with Crippen molar-refractivity contribution in [1.29, 1.82) is 0 Å². The van der Waals surface area contributed by atoms with Gasteiger partial charge < -0.3 is 14.8 Å². The number of allylic oxidation sites excluding steroid dienone is 2. The number of ketones is 1. The van der Waals surface area contributed by atoms with Gasteiger partial charge in [0.2, 0.25) is 6.79 Å². The number of hydrogen-bond acceptors (Lipinski definition) is 6. The molecule has 3 rings (SSSR count). The highest BCUT2D eigenvalue weighted by Gasteiger charge is 2.26. The molecule has 0 bridgehead atoms. The first kappa shape index (κ1) is 17.9. The summed E-state index contributed by atoms with van der Waals surface area (Å²) >= 11 is 0. The molecule has 1 aromatic rings. The van der Waals surface area contributed by atoms with Crippen LogP contribution in [0.1, 0.15) is 30.1 Å². The number of benzene rings is 1. The van der Waals surface area contributed by atoms with Crippen molar-refractivity contribution in [1.82, 2.24) is 5.32 Å². The molecular formula is C17H21NO6S. The first-order valence-electron chi connectivity index (χ1n) is 8.22. The van der Waals surface area contributed by atoms with E-state index in [0.29, 0.717) is 17.1 Å². The van der Waals surface area contributed by atoms with Crippen LogP contribution < -0.4 is 14.8 Å². The van der Waals surface area contributed by atoms with Crippen molar-refractivity contribution in [2.45, 2.75) is 24.5 Å². The van der Waals surface area contributed by atoms with Crippen molar-refractivity contribution in [3.8, 4) is 11.5 Å². The zero-order valence-corrected chi connectivity index (χ0v) is 14.5. The van der Waals surface area contributed by atoms with E-state index >= 15 is 0 Å². The first-order chi connectivity index (χ1) is 11.9. The molecule has 0 saturated carbocycles. The van der Waals surface area contributed by atoms with Gasteiger partial charge in [-0.3, -0.25) is 9.35 Å². The molecule has 2 N–H and O–H groups in total. The summed E-state index contributed by atoms with van der Waals surface area (Å²) in [5.74, 6) is 0.962. The molecule has 0 spiro atoms. The number of carbonyl (C=O) groups is 1. The fourth-order valence-corrected chi connectivity index (χ4v) is 3.94. The van der Waals surface area contributed by atoms with Gasteiger partial charge >= 0.3 is 0 Å². The van der Waals surface area contributed by atoms with Gasteiger partial charge in [-0.2, -0.15) is 8.42 Å². The monoisotopic (exact) mass is 367 g/mol. The minimum atomic E-state index is -4.33. The van der Waals surface area contributed by atoms with Crippen LogP contribution in [0.2, 0.25) is 0 Å². The Morgan fingerprint density at radius 2 is 2.00 bits per heavy atom. The van der Waals surface area contributed by atoms with Crippen LogP contribution in [0.4, 0.5) is 0 Å². The molecule has 8 heteroatoms. The minimum absolute atomic E-state index is 0.00118. The van der Waals surface area contributed by atoms with Crippen LogP contribution in [0.5, 0.6) is 11.5 Å². The smallest absolute Gasteiger partial charge is 0.272 e. The van der Waals surface area contributed by atoms with E-state index in [1.54, 1.807) is 18.2 Å². The maximum atomic E-state index is 12.2. The molecule has 7 nitrogen and oxygen atoms in total. The van der Waals surface area contributed by atoms with E-state index < -0.39 is 15.4 Å².